The molecule has 0 aliphatic heterocycles. The second-order valence-electron chi connectivity index (χ2n) is 5.35. The second kappa shape index (κ2) is 7.07. The van der Waals surface area contributed by atoms with Gasteiger partial charge in [-0.2, -0.15) is 0 Å². The Morgan fingerprint density at radius 1 is 1.24 bits per heavy atom. The molecule has 112 valence electrons. The highest BCUT2D eigenvalue weighted by molar-refractivity contribution is 5.46. The molecule has 21 heavy (non-hydrogen) atoms. The summed E-state index contributed by atoms with van der Waals surface area (Å²) in [6, 6.07) is 10.7. The highest BCUT2D eigenvalue weighted by atomic mass is 15.2. The first-order valence-electron chi connectivity index (χ1n) is 7.46. The Morgan fingerprint density at radius 3 is 2.62 bits per heavy atom. The highest BCUT2D eigenvalue weighted by Gasteiger charge is 2.10. The van der Waals surface area contributed by atoms with E-state index in [1.807, 2.05) is 12.3 Å². The Hall–Kier alpha value is -2.10. The Morgan fingerprint density at radius 2 is 1.95 bits per heavy atom. The lowest BCUT2D eigenvalue weighted by molar-refractivity contribution is 0.711. The minimum atomic E-state index is 0.349. The van der Waals surface area contributed by atoms with Crippen LogP contribution in [0.5, 0.6) is 0 Å². The van der Waals surface area contributed by atoms with Crippen LogP contribution in [0.1, 0.15) is 25.1 Å². The van der Waals surface area contributed by atoms with Crippen molar-refractivity contribution < 1.29 is 0 Å². The lowest BCUT2D eigenvalue weighted by atomic mass is 10.2. The van der Waals surface area contributed by atoms with Gasteiger partial charge in [0.25, 0.3) is 0 Å². The van der Waals surface area contributed by atoms with E-state index >= 15 is 0 Å². The number of aromatic nitrogens is 2. The first kappa shape index (κ1) is 15.3. The zero-order valence-electron chi connectivity index (χ0n) is 13.3. The number of hydrogen-bond acceptors (Lipinski definition) is 4. The standard InChI is InChI=1S/C17H24N4/c1-5-16-13(2)11-18-17(20-16)19-12-14(3)21(4)15-9-7-6-8-10-15/h6-11,14H,5,12H2,1-4H3,(H,18,19,20)/t14-/m0/s1. The summed E-state index contributed by atoms with van der Waals surface area (Å²) in [5.41, 5.74) is 3.47. The minimum absolute atomic E-state index is 0.349. The molecule has 4 heteroatoms. The largest absolute Gasteiger partial charge is 0.370 e. The molecule has 1 atom stereocenters. The van der Waals surface area contributed by atoms with Gasteiger partial charge in [-0.15, -0.1) is 0 Å². The molecule has 0 saturated heterocycles. The normalized spacial score (nSPS) is 12.0. The van der Waals surface area contributed by atoms with E-state index in [1.54, 1.807) is 0 Å². The molecule has 0 bridgehead atoms. The third kappa shape index (κ3) is 3.94. The molecular weight excluding hydrogens is 260 g/mol. The van der Waals surface area contributed by atoms with Crippen molar-refractivity contribution in [2.75, 3.05) is 23.8 Å². The minimum Gasteiger partial charge on any atom is -0.370 e. The smallest absolute Gasteiger partial charge is 0.222 e. The molecule has 0 aliphatic rings. The summed E-state index contributed by atoms with van der Waals surface area (Å²) in [7, 11) is 2.11. The van der Waals surface area contributed by atoms with Gasteiger partial charge in [-0.1, -0.05) is 25.1 Å². The lowest BCUT2D eigenvalue weighted by Gasteiger charge is -2.27. The van der Waals surface area contributed by atoms with Crippen molar-refractivity contribution in [1.82, 2.24) is 9.97 Å². The van der Waals surface area contributed by atoms with E-state index in [0.717, 1.165) is 24.2 Å². The topological polar surface area (TPSA) is 41.1 Å². The van der Waals surface area contributed by atoms with Gasteiger partial charge in [0.1, 0.15) is 0 Å². The molecule has 2 aromatic rings. The van der Waals surface area contributed by atoms with E-state index in [1.165, 1.54) is 5.69 Å². The Labute approximate surface area is 127 Å². The lowest BCUT2D eigenvalue weighted by Crippen LogP contribution is -2.35. The Kier molecular flexibility index (Phi) is 5.14. The third-order valence-electron chi connectivity index (χ3n) is 3.79. The zero-order chi connectivity index (χ0) is 15.2. The number of nitrogens with one attached hydrogen (secondary N) is 1. The highest BCUT2D eigenvalue weighted by Crippen LogP contribution is 2.14. The van der Waals surface area contributed by atoms with Gasteiger partial charge < -0.3 is 10.2 Å². The number of aryl methyl sites for hydroxylation is 2. The molecule has 4 nitrogen and oxygen atoms in total. The van der Waals surface area contributed by atoms with E-state index in [-0.39, 0.29) is 0 Å². The quantitative estimate of drug-likeness (QED) is 0.884. The van der Waals surface area contributed by atoms with Gasteiger partial charge in [0, 0.05) is 37.2 Å². The van der Waals surface area contributed by atoms with Crippen LogP contribution in [0.15, 0.2) is 36.5 Å². The van der Waals surface area contributed by atoms with Crippen LogP contribution in [-0.4, -0.2) is 29.6 Å². The number of benzene rings is 1. The molecule has 1 aromatic carbocycles. The number of anilines is 2. The molecule has 0 fully saturated rings. The van der Waals surface area contributed by atoms with Crippen molar-refractivity contribution in [3.05, 3.63) is 47.8 Å². The number of likely N-dealkylation sites (N-methyl/N-ethyl adjacent to an activating group) is 1. The van der Waals surface area contributed by atoms with Crippen LogP contribution < -0.4 is 10.2 Å². The second-order valence-corrected chi connectivity index (χ2v) is 5.35. The maximum absolute atomic E-state index is 4.55. The van der Waals surface area contributed by atoms with Crippen molar-refractivity contribution in [1.29, 1.82) is 0 Å². The van der Waals surface area contributed by atoms with Gasteiger partial charge >= 0.3 is 0 Å². The van der Waals surface area contributed by atoms with Crippen molar-refractivity contribution in [2.24, 2.45) is 0 Å². The van der Waals surface area contributed by atoms with E-state index in [4.69, 9.17) is 0 Å². The summed E-state index contributed by atoms with van der Waals surface area (Å²) >= 11 is 0. The van der Waals surface area contributed by atoms with Crippen molar-refractivity contribution in [2.45, 2.75) is 33.2 Å². The van der Waals surface area contributed by atoms with E-state index in [2.05, 4.69) is 72.3 Å². The van der Waals surface area contributed by atoms with Crippen molar-refractivity contribution in [3.63, 3.8) is 0 Å². The predicted molar refractivity (Wildman–Crippen MR) is 88.9 cm³/mol. The monoisotopic (exact) mass is 284 g/mol. The fourth-order valence-corrected chi connectivity index (χ4v) is 2.21. The molecule has 1 N–H and O–H groups in total. The Balaban J connectivity index is 1.96. The summed E-state index contributed by atoms with van der Waals surface area (Å²) in [5.74, 6) is 0.714. The summed E-state index contributed by atoms with van der Waals surface area (Å²) in [6.45, 7) is 7.16. The van der Waals surface area contributed by atoms with Crippen LogP contribution >= 0.6 is 0 Å². The van der Waals surface area contributed by atoms with Gasteiger partial charge in [0.15, 0.2) is 0 Å². The molecule has 2 rings (SSSR count). The maximum atomic E-state index is 4.55. The first-order valence-corrected chi connectivity index (χ1v) is 7.46. The van der Waals surface area contributed by atoms with Crippen molar-refractivity contribution in [3.8, 4) is 0 Å². The molecule has 0 unspecified atom stereocenters. The third-order valence-corrected chi connectivity index (χ3v) is 3.79. The number of para-hydroxylation sites is 1. The van der Waals surface area contributed by atoms with E-state index in [9.17, 15) is 0 Å². The van der Waals surface area contributed by atoms with Crippen LogP contribution in [0.3, 0.4) is 0 Å². The average Bonchev–Trinajstić information content (AvgIpc) is 2.53. The number of nitrogens with zero attached hydrogens (tertiary/aromatic N) is 3. The van der Waals surface area contributed by atoms with Crippen LogP contribution in [0, 0.1) is 6.92 Å². The molecule has 0 aliphatic carbocycles. The average molecular weight is 284 g/mol. The fraction of sp³-hybridized carbons (Fsp3) is 0.412. The van der Waals surface area contributed by atoms with Gasteiger partial charge in [0.2, 0.25) is 5.95 Å². The van der Waals surface area contributed by atoms with Crippen LogP contribution in [0.25, 0.3) is 0 Å². The van der Waals surface area contributed by atoms with Gasteiger partial charge in [-0.25, -0.2) is 9.97 Å². The SMILES string of the molecule is CCc1nc(NC[C@H](C)N(C)c2ccccc2)ncc1C. The van der Waals surface area contributed by atoms with Gasteiger partial charge in [-0.3, -0.25) is 0 Å². The first-order chi connectivity index (χ1) is 10.1. The maximum Gasteiger partial charge on any atom is 0.222 e. The van der Waals surface area contributed by atoms with Gasteiger partial charge in [0.05, 0.1) is 0 Å². The van der Waals surface area contributed by atoms with Crippen molar-refractivity contribution >= 4 is 11.6 Å². The van der Waals surface area contributed by atoms with Crippen LogP contribution in [0.4, 0.5) is 11.6 Å². The predicted octanol–water partition coefficient (Wildman–Crippen LogP) is 3.28. The molecule has 0 spiro atoms. The summed E-state index contributed by atoms with van der Waals surface area (Å²) < 4.78 is 0. The molecule has 0 saturated carbocycles. The number of rotatable bonds is 6. The molecule has 0 amide bonds. The van der Waals surface area contributed by atoms with Gasteiger partial charge in [-0.05, 0) is 38.0 Å². The van der Waals surface area contributed by atoms with Crippen LogP contribution in [0.2, 0.25) is 0 Å². The van der Waals surface area contributed by atoms with E-state index < -0.39 is 0 Å². The zero-order valence-corrected chi connectivity index (χ0v) is 13.3. The summed E-state index contributed by atoms with van der Waals surface area (Å²) in [5, 5.41) is 3.33. The number of hydrogen-bond donors (Lipinski definition) is 1. The molecule has 0 radical (unpaired) electrons. The fourth-order valence-electron chi connectivity index (χ4n) is 2.21. The Bertz CT molecular complexity index is 568. The molecular formula is C17H24N4. The molecule has 1 heterocycles. The van der Waals surface area contributed by atoms with Crippen LogP contribution in [-0.2, 0) is 6.42 Å². The summed E-state index contributed by atoms with van der Waals surface area (Å²) in [6.07, 6.45) is 2.82. The summed E-state index contributed by atoms with van der Waals surface area (Å²) in [4.78, 5) is 11.2. The van der Waals surface area contributed by atoms with E-state index in [0.29, 0.717) is 12.0 Å². The molecule has 1 aromatic heterocycles.